The van der Waals surface area contributed by atoms with Crippen LogP contribution in [0, 0.1) is 0 Å². The number of hydrogen-bond donors (Lipinski definition) is 2. The Kier molecular flexibility index (Phi) is 2.95. The Bertz CT molecular complexity index is 799. The van der Waals surface area contributed by atoms with Gasteiger partial charge in [-0.15, -0.1) is 0 Å². The van der Waals surface area contributed by atoms with E-state index in [0.29, 0.717) is 8.95 Å². The van der Waals surface area contributed by atoms with Crippen LogP contribution in [0.3, 0.4) is 0 Å². The van der Waals surface area contributed by atoms with Crippen molar-refractivity contribution in [3.8, 4) is 5.75 Å². The van der Waals surface area contributed by atoms with Crippen molar-refractivity contribution in [2.75, 3.05) is 5.73 Å². The number of fused-ring (bicyclic) bond motifs is 2. The zero-order valence-electron chi connectivity index (χ0n) is 9.91. The van der Waals surface area contributed by atoms with Crippen LogP contribution in [0.2, 0.25) is 0 Å². The molecule has 0 unspecified atom stereocenters. The third kappa shape index (κ3) is 1.65. The minimum atomic E-state index is -0.452. The molecule has 1 aliphatic rings. The Morgan fingerprint density at radius 3 is 2.35 bits per heavy atom. The molecular weight excluding hydrogens is 390 g/mol. The molecule has 0 bridgehead atoms. The number of nitrogen functional groups attached to an aromatic ring is 1. The van der Waals surface area contributed by atoms with Crippen molar-refractivity contribution in [1.29, 1.82) is 0 Å². The first-order chi connectivity index (χ1) is 9.43. The summed E-state index contributed by atoms with van der Waals surface area (Å²) in [6.45, 7) is 0. The predicted octanol–water partition coefficient (Wildman–Crippen LogP) is 3.27. The molecule has 0 amide bonds. The number of phenolic OH excluding ortho intramolecular Hbond substituents is 1. The normalized spacial score (nSPS) is 13.1. The SMILES string of the molecule is Nc1cccc2c1C(=O)c1c(O)c(Br)cc(Br)c1C2=O. The average Bonchev–Trinajstić information content (AvgIpc) is 2.40. The molecule has 3 rings (SSSR count). The molecule has 4 nitrogen and oxygen atoms in total. The number of halogens is 2. The van der Waals surface area contributed by atoms with Gasteiger partial charge in [0.15, 0.2) is 11.6 Å². The van der Waals surface area contributed by atoms with Crippen molar-refractivity contribution in [2.24, 2.45) is 0 Å². The van der Waals surface area contributed by atoms with Crippen LogP contribution in [-0.4, -0.2) is 16.7 Å². The van der Waals surface area contributed by atoms with Gasteiger partial charge in [0.2, 0.25) is 0 Å². The van der Waals surface area contributed by atoms with Gasteiger partial charge in [0, 0.05) is 15.7 Å². The van der Waals surface area contributed by atoms with Gasteiger partial charge in [0.1, 0.15) is 5.75 Å². The third-order valence-corrected chi connectivity index (χ3v) is 4.46. The second-order valence-electron chi connectivity index (χ2n) is 4.37. The van der Waals surface area contributed by atoms with Crippen molar-refractivity contribution < 1.29 is 14.7 Å². The summed E-state index contributed by atoms with van der Waals surface area (Å²) in [6.07, 6.45) is 0. The fraction of sp³-hybridized carbons (Fsp3) is 0. The highest BCUT2D eigenvalue weighted by molar-refractivity contribution is 9.11. The number of anilines is 1. The molecule has 0 heterocycles. The van der Waals surface area contributed by atoms with E-state index in [9.17, 15) is 14.7 Å². The summed E-state index contributed by atoms with van der Waals surface area (Å²) in [5, 5.41) is 10.1. The van der Waals surface area contributed by atoms with Crippen LogP contribution in [0.25, 0.3) is 0 Å². The molecule has 0 spiro atoms. The standard InChI is InChI=1S/C14H7Br2NO3/c15-6-4-7(16)13(19)11-10(6)12(18)5-2-1-3-8(17)9(5)14(11)20/h1-4,19H,17H2. The Labute approximate surface area is 130 Å². The minimum Gasteiger partial charge on any atom is -0.506 e. The second kappa shape index (κ2) is 4.43. The Balaban J connectivity index is 2.45. The highest BCUT2D eigenvalue weighted by Gasteiger charge is 2.35. The van der Waals surface area contributed by atoms with E-state index in [4.69, 9.17) is 5.73 Å². The molecule has 6 heteroatoms. The summed E-state index contributed by atoms with van der Waals surface area (Å²) in [5.41, 5.74) is 6.56. The summed E-state index contributed by atoms with van der Waals surface area (Å²) < 4.78 is 0.783. The van der Waals surface area contributed by atoms with Gasteiger partial charge in [0.25, 0.3) is 0 Å². The number of nitrogens with two attached hydrogens (primary N) is 1. The molecule has 2 aromatic carbocycles. The predicted molar refractivity (Wildman–Crippen MR) is 81.2 cm³/mol. The van der Waals surface area contributed by atoms with Gasteiger partial charge < -0.3 is 10.8 Å². The smallest absolute Gasteiger partial charge is 0.200 e. The van der Waals surface area contributed by atoms with Crippen molar-refractivity contribution in [3.63, 3.8) is 0 Å². The Hall–Kier alpha value is -1.66. The van der Waals surface area contributed by atoms with Crippen LogP contribution < -0.4 is 5.73 Å². The summed E-state index contributed by atoms with van der Waals surface area (Å²) in [4.78, 5) is 25.1. The Morgan fingerprint density at radius 1 is 0.950 bits per heavy atom. The van der Waals surface area contributed by atoms with Gasteiger partial charge >= 0.3 is 0 Å². The Morgan fingerprint density at radius 2 is 1.65 bits per heavy atom. The van der Waals surface area contributed by atoms with E-state index < -0.39 is 5.78 Å². The fourth-order valence-corrected chi connectivity index (χ4v) is 3.67. The van der Waals surface area contributed by atoms with Gasteiger partial charge in [-0.2, -0.15) is 0 Å². The molecule has 0 atom stereocenters. The van der Waals surface area contributed by atoms with Gasteiger partial charge in [-0.05, 0) is 44.0 Å². The number of rotatable bonds is 0. The molecule has 20 heavy (non-hydrogen) atoms. The van der Waals surface area contributed by atoms with Gasteiger partial charge in [-0.1, -0.05) is 12.1 Å². The first-order valence-electron chi connectivity index (χ1n) is 5.62. The molecule has 0 saturated carbocycles. The second-order valence-corrected chi connectivity index (χ2v) is 6.08. The summed E-state index contributed by atoms with van der Waals surface area (Å²) >= 11 is 6.42. The molecule has 0 aromatic heterocycles. The maximum Gasteiger partial charge on any atom is 0.200 e. The molecule has 0 radical (unpaired) electrons. The number of ketones is 2. The topological polar surface area (TPSA) is 80.4 Å². The number of phenols is 1. The van der Waals surface area contributed by atoms with E-state index in [-0.39, 0.29) is 39.5 Å². The van der Waals surface area contributed by atoms with E-state index in [1.807, 2.05) is 0 Å². The molecule has 100 valence electrons. The monoisotopic (exact) mass is 395 g/mol. The van der Waals surface area contributed by atoms with E-state index in [1.165, 1.54) is 6.07 Å². The zero-order valence-corrected chi connectivity index (χ0v) is 13.1. The van der Waals surface area contributed by atoms with Gasteiger partial charge in [-0.3, -0.25) is 9.59 Å². The van der Waals surface area contributed by atoms with Crippen LogP contribution >= 0.6 is 31.9 Å². The zero-order chi connectivity index (χ0) is 14.6. The van der Waals surface area contributed by atoms with Crippen LogP contribution in [0.4, 0.5) is 5.69 Å². The lowest BCUT2D eigenvalue weighted by molar-refractivity contribution is 0.0976. The van der Waals surface area contributed by atoms with E-state index in [1.54, 1.807) is 18.2 Å². The van der Waals surface area contributed by atoms with E-state index >= 15 is 0 Å². The maximum absolute atomic E-state index is 12.6. The van der Waals surface area contributed by atoms with Crippen LogP contribution in [-0.2, 0) is 0 Å². The molecule has 0 fully saturated rings. The maximum atomic E-state index is 12.6. The third-order valence-electron chi connectivity index (χ3n) is 3.23. The highest BCUT2D eigenvalue weighted by atomic mass is 79.9. The largest absolute Gasteiger partial charge is 0.506 e. The van der Waals surface area contributed by atoms with Gasteiger partial charge in [-0.25, -0.2) is 0 Å². The van der Waals surface area contributed by atoms with Crippen molar-refractivity contribution in [2.45, 2.75) is 0 Å². The summed E-state index contributed by atoms with van der Waals surface area (Å²) in [7, 11) is 0. The summed E-state index contributed by atoms with van der Waals surface area (Å²) in [5.74, 6) is -1.04. The number of hydrogen-bond acceptors (Lipinski definition) is 4. The molecule has 1 aliphatic carbocycles. The van der Waals surface area contributed by atoms with Crippen LogP contribution in [0.5, 0.6) is 5.75 Å². The molecular formula is C14H7Br2NO3. The molecule has 3 N–H and O–H groups in total. The van der Waals surface area contributed by atoms with Crippen LogP contribution in [0.1, 0.15) is 31.8 Å². The summed E-state index contributed by atoms with van der Waals surface area (Å²) in [6, 6.07) is 6.27. The number of carbonyl (C=O) groups excluding carboxylic acids is 2. The van der Waals surface area contributed by atoms with Crippen molar-refractivity contribution in [3.05, 3.63) is 55.5 Å². The van der Waals surface area contributed by atoms with Crippen molar-refractivity contribution in [1.82, 2.24) is 0 Å². The highest BCUT2D eigenvalue weighted by Crippen LogP contribution is 2.42. The van der Waals surface area contributed by atoms with Crippen molar-refractivity contribution >= 4 is 49.1 Å². The average molecular weight is 397 g/mol. The lowest BCUT2D eigenvalue weighted by Crippen LogP contribution is -2.23. The lowest BCUT2D eigenvalue weighted by atomic mass is 9.83. The minimum absolute atomic E-state index is 0.0262. The molecule has 0 saturated heterocycles. The van der Waals surface area contributed by atoms with Crippen LogP contribution in [0.15, 0.2) is 33.2 Å². The van der Waals surface area contributed by atoms with E-state index in [2.05, 4.69) is 31.9 Å². The van der Waals surface area contributed by atoms with Gasteiger partial charge in [0.05, 0.1) is 21.2 Å². The number of aromatic hydroxyl groups is 1. The first-order valence-corrected chi connectivity index (χ1v) is 7.21. The van der Waals surface area contributed by atoms with E-state index in [0.717, 1.165) is 0 Å². The molecule has 2 aromatic rings. The number of carbonyl (C=O) groups is 2. The lowest BCUT2D eigenvalue weighted by Gasteiger charge is -2.21. The fourth-order valence-electron chi connectivity index (χ4n) is 2.32. The number of benzene rings is 2. The molecule has 0 aliphatic heterocycles. The quantitative estimate of drug-likeness (QED) is 0.571. The first kappa shape index (κ1) is 13.3.